The van der Waals surface area contributed by atoms with Crippen LogP contribution in [0.25, 0.3) is 0 Å². The van der Waals surface area contributed by atoms with E-state index in [9.17, 15) is 4.79 Å². The van der Waals surface area contributed by atoms with Gasteiger partial charge in [-0.1, -0.05) is 12.8 Å². The summed E-state index contributed by atoms with van der Waals surface area (Å²) < 4.78 is 0. The Labute approximate surface area is 146 Å². The van der Waals surface area contributed by atoms with Crippen LogP contribution in [0.15, 0.2) is 0 Å². The second-order valence-corrected chi connectivity index (χ2v) is 8.53. The molecular formula is C19H34N4O. The molecule has 24 heavy (non-hydrogen) atoms. The average molecular weight is 335 g/mol. The standard InChI is InChI=1S/C19H34N4O/c1-15-13-20(17-5-3-6-17)9-11-22(15)19(24)23-12-10-21(14-16(23)2)18-7-4-8-18/h15-18H,3-14H2,1-2H3/t15-,16-/m1/s1. The molecule has 4 rings (SSSR count). The molecule has 2 heterocycles. The zero-order valence-corrected chi connectivity index (χ0v) is 15.5. The molecule has 2 saturated carbocycles. The number of rotatable bonds is 2. The summed E-state index contributed by atoms with van der Waals surface area (Å²) in [7, 11) is 0. The molecule has 0 N–H and O–H groups in total. The first-order valence-electron chi connectivity index (χ1n) is 10.2. The van der Waals surface area contributed by atoms with Gasteiger partial charge in [0.2, 0.25) is 0 Å². The molecule has 0 unspecified atom stereocenters. The summed E-state index contributed by atoms with van der Waals surface area (Å²) in [6.45, 7) is 10.5. The second-order valence-electron chi connectivity index (χ2n) is 8.53. The summed E-state index contributed by atoms with van der Waals surface area (Å²) in [5.41, 5.74) is 0. The highest BCUT2D eigenvalue weighted by atomic mass is 16.2. The third-order valence-electron chi connectivity index (χ3n) is 6.99. The normalized spacial score (nSPS) is 34.1. The Morgan fingerprint density at radius 3 is 1.42 bits per heavy atom. The van der Waals surface area contributed by atoms with Crippen LogP contribution in [-0.4, -0.2) is 89.1 Å². The molecule has 0 aromatic rings. The monoisotopic (exact) mass is 334 g/mol. The van der Waals surface area contributed by atoms with Gasteiger partial charge in [0, 0.05) is 63.4 Å². The summed E-state index contributed by atoms with van der Waals surface area (Å²) in [5, 5.41) is 0. The Bertz CT molecular complexity index is 422. The fourth-order valence-electron chi connectivity index (χ4n) is 4.87. The van der Waals surface area contributed by atoms with E-state index in [0.717, 1.165) is 51.4 Å². The van der Waals surface area contributed by atoms with Gasteiger partial charge in [-0.15, -0.1) is 0 Å². The first kappa shape index (κ1) is 16.6. The molecule has 5 heteroatoms. The smallest absolute Gasteiger partial charge is 0.319 e. The van der Waals surface area contributed by atoms with E-state index in [4.69, 9.17) is 0 Å². The summed E-state index contributed by atoms with van der Waals surface area (Å²) >= 11 is 0. The third kappa shape index (κ3) is 3.05. The lowest BCUT2D eigenvalue weighted by molar-refractivity contribution is 0.0112. The van der Waals surface area contributed by atoms with Gasteiger partial charge in [0.25, 0.3) is 0 Å². The minimum absolute atomic E-state index is 0.288. The van der Waals surface area contributed by atoms with Crippen LogP contribution in [0.2, 0.25) is 0 Å². The molecular weight excluding hydrogens is 300 g/mol. The van der Waals surface area contributed by atoms with Crippen molar-refractivity contribution in [2.45, 2.75) is 76.5 Å². The number of nitrogens with zero attached hydrogens (tertiary/aromatic N) is 4. The molecule has 4 fully saturated rings. The highest BCUT2D eigenvalue weighted by molar-refractivity contribution is 5.75. The Morgan fingerprint density at radius 1 is 0.708 bits per heavy atom. The molecule has 0 aromatic carbocycles. The van der Waals surface area contributed by atoms with Crippen molar-refractivity contribution in [1.82, 2.24) is 19.6 Å². The highest BCUT2D eigenvalue weighted by Gasteiger charge is 2.38. The molecule has 136 valence electrons. The highest BCUT2D eigenvalue weighted by Crippen LogP contribution is 2.29. The Kier molecular flexibility index (Phi) is 4.74. The van der Waals surface area contributed by atoms with Crippen LogP contribution < -0.4 is 0 Å². The van der Waals surface area contributed by atoms with E-state index in [1.165, 1.54) is 38.5 Å². The topological polar surface area (TPSA) is 30.0 Å². The second kappa shape index (κ2) is 6.83. The van der Waals surface area contributed by atoms with E-state index < -0.39 is 0 Å². The lowest BCUT2D eigenvalue weighted by atomic mass is 9.90. The van der Waals surface area contributed by atoms with Gasteiger partial charge in [0.1, 0.15) is 0 Å². The maximum absolute atomic E-state index is 13.1. The Hall–Kier alpha value is -0.810. The van der Waals surface area contributed by atoms with Crippen molar-refractivity contribution >= 4 is 6.03 Å². The molecule has 0 aromatic heterocycles. The summed E-state index contributed by atoms with van der Waals surface area (Å²) in [5.74, 6) is 0. The summed E-state index contributed by atoms with van der Waals surface area (Å²) in [4.78, 5) is 22.6. The van der Waals surface area contributed by atoms with Crippen molar-refractivity contribution < 1.29 is 4.79 Å². The minimum Gasteiger partial charge on any atom is -0.319 e. The zero-order chi connectivity index (χ0) is 16.7. The van der Waals surface area contributed by atoms with Crippen molar-refractivity contribution in [3.63, 3.8) is 0 Å². The lowest BCUT2D eigenvalue weighted by Crippen LogP contribution is -2.64. The number of piperazine rings is 2. The summed E-state index contributed by atoms with van der Waals surface area (Å²) in [6, 6.07) is 2.59. The Balaban J connectivity index is 1.32. The molecule has 5 nitrogen and oxygen atoms in total. The van der Waals surface area contributed by atoms with E-state index in [2.05, 4.69) is 33.4 Å². The van der Waals surface area contributed by atoms with Crippen molar-refractivity contribution in [1.29, 1.82) is 0 Å². The largest absolute Gasteiger partial charge is 0.320 e. The Morgan fingerprint density at radius 2 is 1.12 bits per heavy atom. The molecule has 2 aliphatic heterocycles. The van der Waals surface area contributed by atoms with Crippen LogP contribution >= 0.6 is 0 Å². The van der Waals surface area contributed by atoms with Gasteiger partial charge >= 0.3 is 6.03 Å². The molecule has 0 radical (unpaired) electrons. The van der Waals surface area contributed by atoms with Crippen LogP contribution in [0.3, 0.4) is 0 Å². The predicted molar refractivity (Wildman–Crippen MR) is 96.2 cm³/mol. The number of hydrogen-bond acceptors (Lipinski definition) is 3. The first-order valence-corrected chi connectivity index (χ1v) is 10.2. The fourth-order valence-corrected chi connectivity index (χ4v) is 4.87. The maximum atomic E-state index is 13.1. The third-order valence-corrected chi connectivity index (χ3v) is 6.99. The molecule has 4 aliphatic rings. The minimum atomic E-state index is 0.288. The summed E-state index contributed by atoms with van der Waals surface area (Å²) in [6.07, 6.45) is 8.23. The van der Waals surface area contributed by atoms with E-state index in [1.807, 2.05) is 0 Å². The van der Waals surface area contributed by atoms with Gasteiger partial charge in [0.15, 0.2) is 0 Å². The quantitative estimate of drug-likeness (QED) is 0.776. The van der Waals surface area contributed by atoms with Crippen LogP contribution in [0.1, 0.15) is 52.4 Å². The van der Waals surface area contributed by atoms with Crippen LogP contribution in [-0.2, 0) is 0 Å². The fraction of sp³-hybridized carbons (Fsp3) is 0.947. The van der Waals surface area contributed by atoms with E-state index >= 15 is 0 Å². The van der Waals surface area contributed by atoms with E-state index in [1.54, 1.807) is 0 Å². The number of carbonyl (C=O) groups is 1. The van der Waals surface area contributed by atoms with Crippen molar-refractivity contribution in [3.8, 4) is 0 Å². The van der Waals surface area contributed by atoms with Gasteiger partial charge in [-0.05, 0) is 39.5 Å². The molecule has 0 bridgehead atoms. The number of hydrogen-bond donors (Lipinski definition) is 0. The van der Waals surface area contributed by atoms with Gasteiger partial charge in [0.05, 0.1) is 0 Å². The number of carbonyl (C=O) groups excluding carboxylic acids is 1. The molecule has 2 aliphatic carbocycles. The van der Waals surface area contributed by atoms with E-state index in [-0.39, 0.29) is 6.03 Å². The van der Waals surface area contributed by atoms with Crippen molar-refractivity contribution in [3.05, 3.63) is 0 Å². The predicted octanol–water partition coefficient (Wildman–Crippen LogP) is 2.22. The average Bonchev–Trinajstić information content (AvgIpc) is 2.43. The maximum Gasteiger partial charge on any atom is 0.320 e. The van der Waals surface area contributed by atoms with Gasteiger partial charge < -0.3 is 9.80 Å². The van der Waals surface area contributed by atoms with Crippen LogP contribution in [0.4, 0.5) is 4.79 Å². The van der Waals surface area contributed by atoms with Crippen molar-refractivity contribution in [2.75, 3.05) is 39.3 Å². The van der Waals surface area contributed by atoms with Gasteiger partial charge in [-0.3, -0.25) is 9.80 Å². The first-order chi connectivity index (χ1) is 11.6. The van der Waals surface area contributed by atoms with E-state index in [0.29, 0.717) is 12.1 Å². The molecule has 0 spiro atoms. The lowest BCUT2D eigenvalue weighted by Gasteiger charge is -2.50. The van der Waals surface area contributed by atoms with Crippen LogP contribution in [0, 0.1) is 0 Å². The molecule has 2 amide bonds. The van der Waals surface area contributed by atoms with Gasteiger partial charge in [-0.25, -0.2) is 4.79 Å². The molecule has 2 saturated heterocycles. The van der Waals surface area contributed by atoms with Gasteiger partial charge in [-0.2, -0.15) is 0 Å². The number of urea groups is 1. The number of amides is 2. The van der Waals surface area contributed by atoms with Crippen molar-refractivity contribution in [2.24, 2.45) is 0 Å². The van der Waals surface area contributed by atoms with Crippen LogP contribution in [0.5, 0.6) is 0 Å². The SMILES string of the molecule is C[C@@H]1CN(C2CCC2)CCN1C(=O)N1CCN(C2CCC2)C[C@H]1C. The zero-order valence-electron chi connectivity index (χ0n) is 15.5. The molecule has 2 atom stereocenters.